The van der Waals surface area contributed by atoms with Crippen LogP contribution in [0, 0.1) is 51.2 Å². The fraction of sp³-hybridized carbons (Fsp3) is 0.794. The maximum absolute atomic E-state index is 14.7. The van der Waals surface area contributed by atoms with Gasteiger partial charge in [0.15, 0.2) is 6.29 Å². The number of fused-ring (bicyclic) bond motifs is 2. The Hall–Kier alpha value is -2.03. The summed E-state index contributed by atoms with van der Waals surface area (Å²) >= 11 is 0. The molecule has 0 radical (unpaired) electrons. The quantitative estimate of drug-likeness (QED) is 0.150. The van der Waals surface area contributed by atoms with E-state index in [1.807, 2.05) is 13.0 Å². The van der Waals surface area contributed by atoms with Crippen molar-refractivity contribution in [3.8, 4) is 0 Å². The highest BCUT2D eigenvalue weighted by Crippen LogP contribution is 2.82. The van der Waals surface area contributed by atoms with E-state index in [0.717, 1.165) is 44.2 Å². The summed E-state index contributed by atoms with van der Waals surface area (Å²) in [7, 11) is 0. The average Bonchev–Trinajstić information content (AvgIpc) is 3.48. The van der Waals surface area contributed by atoms with E-state index in [1.54, 1.807) is 20.8 Å². The summed E-state index contributed by atoms with van der Waals surface area (Å²) in [5.74, 6) is 0.0313. The minimum absolute atomic E-state index is 0.00179. The van der Waals surface area contributed by atoms with Gasteiger partial charge in [0.1, 0.15) is 11.7 Å². The van der Waals surface area contributed by atoms with Gasteiger partial charge in [-0.25, -0.2) is 0 Å². The van der Waals surface area contributed by atoms with Crippen LogP contribution < -0.4 is 0 Å². The van der Waals surface area contributed by atoms with E-state index in [2.05, 4.69) is 38.3 Å². The first kappa shape index (κ1) is 31.4. The monoisotopic (exact) mass is 585 g/mol. The predicted molar refractivity (Wildman–Crippen MR) is 158 cm³/mol. The standard InChI is InChI=1S/C34H51NO7/c1-9-12-35-16-23(5)42-28(17-35)39-19-33-15-25-22(4)10-11-26(25)32(18-36)14-24(33)13-27(21(2)3)34(32,33)30(38)41-20-40-29(37)31(6,7)8/h9,13,18,21-26,28H,1,10-12,14-17,19-20H2,2-8H3/t22-,23-,24-,25-,26-,28-,32+,33+,34+/m1/s1. The Morgan fingerprint density at radius 3 is 2.55 bits per heavy atom. The molecule has 0 aromatic carbocycles. The van der Waals surface area contributed by atoms with Crippen LogP contribution in [0.5, 0.6) is 0 Å². The minimum atomic E-state index is -1.18. The maximum atomic E-state index is 14.7. The Bertz CT molecular complexity index is 1130. The molecule has 0 aromatic heterocycles. The molecule has 1 saturated heterocycles. The highest BCUT2D eigenvalue weighted by molar-refractivity contribution is 5.91. The van der Waals surface area contributed by atoms with Crippen molar-refractivity contribution in [1.29, 1.82) is 0 Å². The number of nitrogens with zero attached hydrogens (tertiary/aromatic N) is 1. The molecule has 4 aliphatic carbocycles. The van der Waals surface area contributed by atoms with Gasteiger partial charge in [0.05, 0.1) is 23.5 Å². The van der Waals surface area contributed by atoms with Gasteiger partial charge >= 0.3 is 11.9 Å². The lowest BCUT2D eigenvalue weighted by atomic mass is 9.43. The van der Waals surface area contributed by atoms with E-state index in [9.17, 15) is 14.4 Å². The number of morpholine rings is 1. The summed E-state index contributed by atoms with van der Waals surface area (Å²) in [6.07, 6.45) is 8.19. The molecule has 3 saturated carbocycles. The van der Waals surface area contributed by atoms with Crippen molar-refractivity contribution < 1.29 is 33.3 Å². The van der Waals surface area contributed by atoms with Crippen LogP contribution >= 0.6 is 0 Å². The summed E-state index contributed by atoms with van der Waals surface area (Å²) in [4.78, 5) is 43.1. The fourth-order valence-corrected chi connectivity index (χ4v) is 9.73. The first-order valence-corrected chi connectivity index (χ1v) is 15.9. The largest absolute Gasteiger partial charge is 0.427 e. The van der Waals surface area contributed by atoms with Crippen molar-refractivity contribution >= 4 is 18.2 Å². The third-order valence-corrected chi connectivity index (χ3v) is 11.3. The Morgan fingerprint density at radius 2 is 1.90 bits per heavy atom. The van der Waals surface area contributed by atoms with Crippen molar-refractivity contribution in [2.24, 2.45) is 51.2 Å². The van der Waals surface area contributed by atoms with Crippen LogP contribution in [0.15, 0.2) is 24.3 Å². The molecular formula is C34H51NO7. The number of carbonyl (C=O) groups is 3. The second-order valence-corrected chi connectivity index (χ2v) is 15.1. The van der Waals surface area contributed by atoms with Crippen LogP contribution in [0.2, 0.25) is 0 Å². The molecule has 0 amide bonds. The van der Waals surface area contributed by atoms with Gasteiger partial charge in [-0.1, -0.05) is 44.9 Å². The first-order chi connectivity index (χ1) is 19.8. The lowest BCUT2D eigenvalue weighted by Crippen LogP contribution is -2.64. The Labute approximate surface area is 251 Å². The Kier molecular flexibility index (Phi) is 8.34. The lowest BCUT2D eigenvalue weighted by molar-refractivity contribution is -0.238. The van der Waals surface area contributed by atoms with Gasteiger partial charge in [0.2, 0.25) is 6.79 Å². The number of esters is 2. The van der Waals surface area contributed by atoms with Crippen LogP contribution in [-0.4, -0.2) is 68.6 Å². The van der Waals surface area contributed by atoms with Crippen LogP contribution in [-0.2, 0) is 33.3 Å². The molecule has 234 valence electrons. The van der Waals surface area contributed by atoms with E-state index in [-0.39, 0.29) is 23.9 Å². The zero-order valence-corrected chi connectivity index (χ0v) is 26.6. The van der Waals surface area contributed by atoms with E-state index in [1.165, 1.54) is 0 Å². The molecule has 5 aliphatic rings. The SMILES string of the molecule is C=CCN1C[C@H](OC[C@@]23C[C@@H]4[C@H](C)CC[C@H]4[C@@]4(C=O)C[C@H]2C=C(C(C)C)[C@@]34C(=O)OCOC(=O)C(C)(C)C)O[C@H](C)C1. The van der Waals surface area contributed by atoms with E-state index >= 15 is 0 Å². The second kappa shape index (κ2) is 11.2. The molecule has 0 aromatic rings. The summed E-state index contributed by atoms with van der Waals surface area (Å²) in [6.45, 7) is 19.7. The van der Waals surface area contributed by atoms with Gasteiger partial charge in [0, 0.05) is 25.0 Å². The highest BCUT2D eigenvalue weighted by Gasteiger charge is 2.84. The average molecular weight is 586 g/mol. The number of aldehydes is 1. The minimum Gasteiger partial charge on any atom is -0.427 e. The topological polar surface area (TPSA) is 91.4 Å². The van der Waals surface area contributed by atoms with Gasteiger partial charge < -0.3 is 23.7 Å². The van der Waals surface area contributed by atoms with Gasteiger partial charge in [-0.3, -0.25) is 14.5 Å². The smallest absolute Gasteiger partial charge is 0.320 e. The van der Waals surface area contributed by atoms with Crippen molar-refractivity contribution in [3.05, 3.63) is 24.3 Å². The molecule has 8 nitrogen and oxygen atoms in total. The fourth-order valence-electron chi connectivity index (χ4n) is 9.73. The third kappa shape index (κ3) is 4.54. The van der Waals surface area contributed by atoms with Gasteiger partial charge in [-0.05, 0) is 76.5 Å². The zero-order chi connectivity index (χ0) is 30.7. The molecule has 42 heavy (non-hydrogen) atoms. The number of ether oxygens (including phenoxy) is 4. The first-order valence-electron chi connectivity index (χ1n) is 15.9. The number of rotatable bonds is 10. The highest BCUT2D eigenvalue weighted by atomic mass is 16.7. The number of hydrogen-bond donors (Lipinski definition) is 0. The molecule has 0 spiro atoms. The number of allylic oxidation sites excluding steroid dienone is 1. The summed E-state index contributed by atoms with van der Waals surface area (Å²) in [5, 5.41) is 0. The summed E-state index contributed by atoms with van der Waals surface area (Å²) < 4.78 is 24.3. The molecule has 0 unspecified atom stereocenters. The van der Waals surface area contributed by atoms with Crippen LogP contribution in [0.25, 0.3) is 0 Å². The van der Waals surface area contributed by atoms with Crippen molar-refractivity contribution in [1.82, 2.24) is 4.90 Å². The molecule has 4 bridgehead atoms. The normalized spacial score (nSPS) is 40.9. The van der Waals surface area contributed by atoms with E-state index in [4.69, 9.17) is 18.9 Å². The number of carbonyl (C=O) groups excluding carboxylic acids is 3. The molecule has 9 atom stereocenters. The number of hydrogen-bond acceptors (Lipinski definition) is 8. The maximum Gasteiger partial charge on any atom is 0.320 e. The van der Waals surface area contributed by atoms with E-state index < -0.39 is 46.7 Å². The third-order valence-electron chi connectivity index (χ3n) is 11.3. The molecule has 5 rings (SSSR count). The zero-order valence-electron chi connectivity index (χ0n) is 26.6. The van der Waals surface area contributed by atoms with Gasteiger partial charge in [0.25, 0.3) is 0 Å². The predicted octanol–water partition coefficient (Wildman–Crippen LogP) is 5.17. The van der Waals surface area contributed by atoms with E-state index in [0.29, 0.717) is 31.4 Å². The molecule has 1 aliphatic heterocycles. The van der Waals surface area contributed by atoms with Crippen LogP contribution in [0.3, 0.4) is 0 Å². The summed E-state index contributed by atoms with van der Waals surface area (Å²) in [6, 6.07) is 0. The van der Waals surface area contributed by atoms with Crippen molar-refractivity contribution in [3.63, 3.8) is 0 Å². The lowest BCUT2D eigenvalue weighted by Gasteiger charge is -2.59. The van der Waals surface area contributed by atoms with Crippen molar-refractivity contribution in [2.75, 3.05) is 33.0 Å². The van der Waals surface area contributed by atoms with Gasteiger partial charge in [-0.15, -0.1) is 6.58 Å². The Morgan fingerprint density at radius 1 is 1.17 bits per heavy atom. The van der Waals surface area contributed by atoms with Crippen molar-refractivity contribution in [2.45, 2.75) is 86.5 Å². The summed E-state index contributed by atoms with van der Waals surface area (Å²) in [5.41, 5.74) is -2.46. The molecule has 0 N–H and O–H groups in total. The molecule has 1 heterocycles. The Balaban J connectivity index is 1.54. The molecule has 8 heteroatoms. The molecule has 4 fully saturated rings. The van der Waals surface area contributed by atoms with Gasteiger partial charge in [-0.2, -0.15) is 0 Å². The second-order valence-electron chi connectivity index (χ2n) is 15.1. The molecular weight excluding hydrogens is 534 g/mol. The van der Waals surface area contributed by atoms with Crippen LogP contribution in [0.4, 0.5) is 0 Å². The van der Waals surface area contributed by atoms with Crippen LogP contribution in [0.1, 0.15) is 74.1 Å².